The van der Waals surface area contributed by atoms with Crippen LogP contribution in [0.25, 0.3) is 0 Å². The average molecular weight is 396 g/mol. The first-order valence-electron chi connectivity index (χ1n) is 9.63. The summed E-state index contributed by atoms with van der Waals surface area (Å²) in [6.07, 6.45) is 0.490. The molecule has 0 spiro atoms. The smallest absolute Gasteiger partial charge is 0.414 e. The van der Waals surface area contributed by atoms with Crippen LogP contribution in [0.4, 0.5) is 10.5 Å². The standard InChI is InChI=1S/C22H24N2O5/c1-27-19-9-15(10-20(12-19)28-2)8-16-13-23(14-16)21(25)17-4-3-5-18(11-17)24-6-7-29-22(24)26/h3-5,9-12,16H,6-8,13-14H2,1-2H3. The van der Waals surface area contributed by atoms with Crippen molar-refractivity contribution in [2.45, 2.75) is 6.42 Å². The largest absolute Gasteiger partial charge is 0.497 e. The molecule has 152 valence electrons. The van der Waals surface area contributed by atoms with E-state index in [0.29, 0.717) is 43.4 Å². The lowest BCUT2D eigenvalue weighted by atomic mass is 9.91. The molecule has 0 bridgehead atoms. The first-order chi connectivity index (χ1) is 14.1. The van der Waals surface area contributed by atoms with Crippen LogP contribution in [0, 0.1) is 5.92 Å². The van der Waals surface area contributed by atoms with Gasteiger partial charge < -0.3 is 19.1 Å². The third-order valence-electron chi connectivity index (χ3n) is 5.35. The Labute approximate surface area is 169 Å². The molecule has 0 N–H and O–H groups in total. The zero-order chi connectivity index (χ0) is 20.4. The van der Waals surface area contributed by atoms with E-state index in [1.54, 1.807) is 37.3 Å². The molecule has 0 aliphatic carbocycles. The van der Waals surface area contributed by atoms with Crippen molar-refractivity contribution in [2.24, 2.45) is 5.92 Å². The van der Waals surface area contributed by atoms with E-state index in [1.165, 1.54) is 0 Å². The van der Waals surface area contributed by atoms with Gasteiger partial charge in [0.15, 0.2) is 0 Å². The summed E-state index contributed by atoms with van der Waals surface area (Å²) in [5.74, 6) is 1.92. The van der Waals surface area contributed by atoms with Crippen LogP contribution in [0.2, 0.25) is 0 Å². The maximum absolute atomic E-state index is 12.8. The molecular weight excluding hydrogens is 372 g/mol. The maximum atomic E-state index is 12.8. The monoisotopic (exact) mass is 396 g/mol. The predicted molar refractivity (Wildman–Crippen MR) is 108 cm³/mol. The van der Waals surface area contributed by atoms with E-state index < -0.39 is 0 Å². The van der Waals surface area contributed by atoms with Crippen LogP contribution in [0.3, 0.4) is 0 Å². The van der Waals surface area contributed by atoms with Crippen molar-refractivity contribution >= 4 is 17.7 Å². The third-order valence-corrected chi connectivity index (χ3v) is 5.35. The molecule has 0 radical (unpaired) electrons. The van der Waals surface area contributed by atoms with Crippen LogP contribution in [-0.4, -0.2) is 57.4 Å². The number of benzene rings is 2. The van der Waals surface area contributed by atoms with Gasteiger partial charge in [-0.1, -0.05) is 6.07 Å². The summed E-state index contributed by atoms with van der Waals surface area (Å²) in [4.78, 5) is 28.0. The maximum Gasteiger partial charge on any atom is 0.414 e. The minimum Gasteiger partial charge on any atom is -0.497 e. The third kappa shape index (κ3) is 3.99. The number of hydrogen-bond acceptors (Lipinski definition) is 5. The Hall–Kier alpha value is -3.22. The molecular formula is C22H24N2O5. The van der Waals surface area contributed by atoms with E-state index in [1.807, 2.05) is 29.2 Å². The number of rotatable bonds is 6. The number of carbonyl (C=O) groups is 2. The molecule has 2 aliphatic rings. The van der Waals surface area contributed by atoms with Gasteiger partial charge in [-0.15, -0.1) is 0 Å². The minimum absolute atomic E-state index is 0.0149. The van der Waals surface area contributed by atoms with Gasteiger partial charge in [-0.3, -0.25) is 9.69 Å². The lowest BCUT2D eigenvalue weighted by Crippen LogP contribution is -2.50. The summed E-state index contributed by atoms with van der Waals surface area (Å²) in [6.45, 7) is 2.29. The van der Waals surface area contributed by atoms with Crippen molar-refractivity contribution < 1.29 is 23.8 Å². The van der Waals surface area contributed by atoms with Gasteiger partial charge in [0.2, 0.25) is 0 Å². The highest BCUT2D eigenvalue weighted by Gasteiger charge is 2.32. The van der Waals surface area contributed by atoms with Gasteiger partial charge in [0.1, 0.15) is 18.1 Å². The lowest BCUT2D eigenvalue weighted by molar-refractivity contribution is 0.0501. The van der Waals surface area contributed by atoms with Crippen molar-refractivity contribution in [1.82, 2.24) is 4.90 Å². The SMILES string of the molecule is COc1cc(CC2CN(C(=O)c3cccc(N4CCOC4=O)c3)C2)cc(OC)c1. The summed E-state index contributed by atoms with van der Waals surface area (Å²) < 4.78 is 15.6. The van der Waals surface area contributed by atoms with Crippen molar-refractivity contribution in [2.75, 3.05) is 45.4 Å². The first-order valence-corrected chi connectivity index (χ1v) is 9.63. The number of nitrogens with zero attached hydrogens (tertiary/aromatic N) is 2. The topological polar surface area (TPSA) is 68.3 Å². The van der Waals surface area contributed by atoms with Crippen LogP contribution in [0.15, 0.2) is 42.5 Å². The summed E-state index contributed by atoms with van der Waals surface area (Å²) in [5.41, 5.74) is 2.41. The Morgan fingerprint density at radius 3 is 2.45 bits per heavy atom. The fourth-order valence-corrected chi connectivity index (χ4v) is 3.80. The first kappa shape index (κ1) is 19.1. The molecule has 0 saturated carbocycles. The van der Waals surface area contributed by atoms with Gasteiger partial charge in [-0.25, -0.2) is 4.79 Å². The van der Waals surface area contributed by atoms with E-state index in [2.05, 4.69) is 0 Å². The highest BCUT2D eigenvalue weighted by molar-refractivity contribution is 5.97. The lowest BCUT2D eigenvalue weighted by Gasteiger charge is -2.39. The normalized spacial score (nSPS) is 16.4. The Kier molecular flexibility index (Phi) is 5.29. The number of hydrogen-bond donors (Lipinski definition) is 0. The molecule has 0 atom stereocenters. The van der Waals surface area contributed by atoms with Crippen molar-refractivity contribution in [1.29, 1.82) is 0 Å². The Morgan fingerprint density at radius 1 is 1.10 bits per heavy atom. The zero-order valence-electron chi connectivity index (χ0n) is 16.6. The van der Waals surface area contributed by atoms with Gasteiger partial charge in [-0.2, -0.15) is 0 Å². The fourth-order valence-electron chi connectivity index (χ4n) is 3.80. The molecule has 0 unspecified atom stereocenters. The van der Waals surface area contributed by atoms with E-state index >= 15 is 0 Å². The van der Waals surface area contributed by atoms with Crippen LogP contribution in [0.5, 0.6) is 11.5 Å². The zero-order valence-corrected chi connectivity index (χ0v) is 16.6. The summed E-state index contributed by atoms with van der Waals surface area (Å²) in [5, 5.41) is 0. The van der Waals surface area contributed by atoms with E-state index in [4.69, 9.17) is 14.2 Å². The molecule has 2 fully saturated rings. The van der Waals surface area contributed by atoms with Crippen molar-refractivity contribution in [3.05, 3.63) is 53.6 Å². The van der Waals surface area contributed by atoms with Gasteiger partial charge >= 0.3 is 6.09 Å². The molecule has 4 rings (SSSR count). The number of methoxy groups -OCH3 is 2. The molecule has 0 aromatic heterocycles. The van der Waals surface area contributed by atoms with Gasteiger partial charge in [0, 0.05) is 30.4 Å². The van der Waals surface area contributed by atoms with E-state index in [0.717, 1.165) is 23.5 Å². The number of cyclic esters (lactones) is 1. The number of likely N-dealkylation sites (tertiary alicyclic amines) is 1. The van der Waals surface area contributed by atoms with Crippen LogP contribution < -0.4 is 14.4 Å². The van der Waals surface area contributed by atoms with E-state index in [9.17, 15) is 9.59 Å². The van der Waals surface area contributed by atoms with Crippen molar-refractivity contribution in [3.8, 4) is 11.5 Å². The Morgan fingerprint density at radius 2 is 1.83 bits per heavy atom. The second-order valence-corrected chi connectivity index (χ2v) is 7.32. The molecule has 2 heterocycles. The Balaban J connectivity index is 1.38. The average Bonchev–Trinajstić information content (AvgIpc) is 3.15. The van der Waals surface area contributed by atoms with Gasteiger partial charge in [0.25, 0.3) is 5.91 Å². The van der Waals surface area contributed by atoms with Gasteiger partial charge in [0.05, 0.1) is 20.8 Å². The molecule has 2 saturated heterocycles. The molecule has 2 aromatic rings. The fraction of sp³-hybridized carbons (Fsp3) is 0.364. The van der Waals surface area contributed by atoms with Gasteiger partial charge in [-0.05, 0) is 48.2 Å². The van der Waals surface area contributed by atoms with Crippen LogP contribution in [0.1, 0.15) is 15.9 Å². The van der Waals surface area contributed by atoms with Crippen molar-refractivity contribution in [3.63, 3.8) is 0 Å². The molecule has 7 nitrogen and oxygen atoms in total. The van der Waals surface area contributed by atoms with Crippen LogP contribution in [-0.2, 0) is 11.2 Å². The molecule has 2 aromatic carbocycles. The summed E-state index contributed by atoms with van der Waals surface area (Å²) >= 11 is 0. The molecule has 29 heavy (non-hydrogen) atoms. The molecule has 7 heteroatoms. The predicted octanol–water partition coefficient (Wildman–Crippen LogP) is 2.98. The summed E-state index contributed by atoms with van der Waals surface area (Å²) in [6, 6.07) is 13.0. The quantitative estimate of drug-likeness (QED) is 0.751. The number of anilines is 1. The molecule has 2 aliphatic heterocycles. The van der Waals surface area contributed by atoms with E-state index in [-0.39, 0.29) is 12.0 Å². The molecule has 2 amide bonds. The van der Waals surface area contributed by atoms with Crippen LogP contribution >= 0.6 is 0 Å². The highest BCUT2D eigenvalue weighted by Crippen LogP contribution is 2.28. The number of ether oxygens (including phenoxy) is 3. The summed E-state index contributed by atoms with van der Waals surface area (Å²) in [7, 11) is 3.27. The minimum atomic E-state index is -0.368. The Bertz CT molecular complexity index is 901. The second kappa shape index (κ2) is 8.03. The highest BCUT2D eigenvalue weighted by atomic mass is 16.6. The second-order valence-electron chi connectivity index (χ2n) is 7.32. The number of amides is 2. The number of carbonyl (C=O) groups excluding carboxylic acids is 2.